The molecule has 24 heteroatoms. The number of nitrogens with zero attached hydrogens (tertiary/aromatic N) is 12. The van der Waals surface area contributed by atoms with Crippen LogP contribution in [0, 0.1) is 23.7 Å². The molecule has 0 radical (unpaired) electrons. The third-order valence-corrected chi connectivity index (χ3v) is 28.1. The quantitative estimate of drug-likeness (QED) is 0.0375. The molecule has 112 heavy (non-hydrogen) atoms. The molecule has 6 saturated heterocycles. The first-order valence-electron chi connectivity index (χ1n) is 43.1. The van der Waals surface area contributed by atoms with Gasteiger partial charge < -0.3 is 43.9 Å². The summed E-state index contributed by atoms with van der Waals surface area (Å²) in [6, 6.07) is 28.1. The van der Waals surface area contributed by atoms with Crippen LogP contribution in [-0.4, -0.2) is 167 Å². The van der Waals surface area contributed by atoms with Crippen LogP contribution in [0.4, 0.5) is 0 Å². The van der Waals surface area contributed by atoms with E-state index < -0.39 is 35.8 Å². The van der Waals surface area contributed by atoms with Crippen LogP contribution < -0.4 is 16.7 Å². The highest BCUT2D eigenvalue weighted by atomic mass is 16.6. The molecule has 5 aliphatic carbocycles. The predicted molar refractivity (Wildman–Crippen MR) is 432 cm³/mol. The number of rotatable bonds is 17. The molecule has 5 unspecified atom stereocenters. The zero-order valence-corrected chi connectivity index (χ0v) is 65.9. The van der Waals surface area contributed by atoms with Crippen molar-refractivity contribution in [2.24, 2.45) is 39.1 Å². The lowest BCUT2D eigenvalue weighted by Gasteiger charge is -2.55. The smallest absolute Gasteiger partial charge is 0.360 e. The summed E-state index contributed by atoms with van der Waals surface area (Å²) in [5.74, 6) is 0.154. The third kappa shape index (κ3) is 17.4. The maximum absolute atomic E-state index is 13.9. The lowest BCUT2D eigenvalue weighted by Crippen LogP contribution is -2.58. The molecular weight excluding hydrogens is 1420 g/mol. The Labute approximate surface area is 656 Å². The van der Waals surface area contributed by atoms with Crippen molar-refractivity contribution in [1.82, 2.24) is 43.4 Å². The molecule has 15 atom stereocenters. The number of hydrogen-bond acceptors (Lipinski definition) is 18. The van der Waals surface area contributed by atoms with Crippen LogP contribution in [0.1, 0.15) is 293 Å². The predicted octanol–water partition coefficient (Wildman–Crippen LogP) is 15.4. The van der Waals surface area contributed by atoms with Crippen molar-refractivity contribution < 1.29 is 44.6 Å². The standard InChI is InChI=1S/C30H42N4O4.2C29H38N4O4/c35-28(36)18-17-26(32-38)29-30(37)34(27-16-9-8-15-25(27)31-29)24-19-22-13-10-14-23(20-24)33(22)21-11-6-4-2-1-3-5-7-12-21;1-18(31-37-17-27(34)35)28-29(36)33(26-11-3-2-10-25(26)30-28)24-15-21-8-5-9-22(16-24)32(21)23-13-19-6-4-7-20(12-19)14-23;1-37-31-27(29(35)36)26-28(34)33(25-12-5-4-11-24(25)30-26)23-16-20-9-6-10-21(17-23)32(20)22-14-18-7-2-3-8-19(13-18)15-22/h8-9,15-16,21-24,38H,1-7,10-14,17-20H2,(H,35,36);2-3,10-11,19-24H,4-9,12-17H2,1H3,(H,34,35);4-5,11-12,18-23H,2-3,6-10,13-17H2,1H3,(H,35,36)/b32-26+;31-18+;31-27-/t22-,23+,24?;19-,20+,21-,22+,23?,24?;18-,19+,20-,21+,22?,23?. The van der Waals surface area contributed by atoms with Crippen molar-refractivity contribution >= 4 is 68.1 Å². The molecule has 24 nitrogen and oxygen atoms in total. The summed E-state index contributed by atoms with van der Waals surface area (Å²) in [6.07, 6.45) is 46.5. The number of aliphatic carboxylic acids is 3. The second-order valence-electron chi connectivity index (χ2n) is 35.1. The number of fused-ring (bicyclic) bond motifs is 13. The molecule has 17 rings (SSSR count). The molecule has 11 aliphatic rings. The van der Waals surface area contributed by atoms with Crippen molar-refractivity contribution in [3.05, 3.63) is 121 Å². The molecular formula is C88H118N12O12. The number of benzene rings is 3. The fourth-order valence-corrected chi connectivity index (χ4v) is 23.8. The monoisotopic (exact) mass is 1530 g/mol. The fraction of sp³-hybridized carbons (Fsp3) is 0.659. The molecule has 0 spiro atoms. The van der Waals surface area contributed by atoms with Gasteiger partial charge in [-0.15, -0.1) is 0 Å². The van der Waals surface area contributed by atoms with E-state index in [9.17, 15) is 39.1 Å². The molecule has 4 N–H and O–H groups in total. The topological polar surface area (TPSA) is 302 Å². The number of oxime groups is 3. The van der Waals surface area contributed by atoms with Crippen LogP contribution in [0.3, 0.4) is 0 Å². The molecule has 0 amide bonds. The van der Waals surface area contributed by atoms with Crippen molar-refractivity contribution in [3.8, 4) is 0 Å². The summed E-state index contributed by atoms with van der Waals surface area (Å²) in [4.78, 5) is 108. The number of carboxylic acid groups (broad SMARTS) is 3. The fourth-order valence-electron chi connectivity index (χ4n) is 23.8. The average molecular weight is 1540 g/mol. The van der Waals surface area contributed by atoms with E-state index >= 15 is 0 Å². The van der Waals surface area contributed by atoms with Gasteiger partial charge in [0.1, 0.15) is 18.5 Å². The van der Waals surface area contributed by atoms with Gasteiger partial charge >= 0.3 is 17.9 Å². The van der Waals surface area contributed by atoms with E-state index in [1.165, 1.54) is 206 Å². The number of piperidine rings is 6. The minimum Gasteiger partial charge on any atom is -0.481 e. The summed E-state index contributed by atoms with van der Waals surface area (Å²) in [5, 5.41) is 48.3. The van der Waals surface area contributed by atoms with Crippen LogP contribution in [0.5, 0.6) is 0 Å². The van der Waals surface area contributed by atoms with E-state index in [4.69, 9.17) is 19.9 Å². The molecule has 9 heterocycles. The van der Waals surface area contributed by atoms with E-state index in [1.807, 2.05) is 86.5 Å². The summed E-state index contributed by atoms with van der Waals surface area (Å²) in [5.41, 5.74) is 3.63. The second-order valence-corrected chi connectivity index (χ2v) is 35.1. The summed E-state index contributed by atoms with van der Waals surface area (Å²) in [6.45, 7) is 1.10. The highest BCUT2D eigenvalue weighted by Crippen LogP contribution is 2.50. The van der Waals surface area contributed by atoms with Gasteiger partial charge in [-0.25, -0.2) is 24.5 Å². The highest BCUT2D eigenvalue weighted by Gasteiger charge is 2.49. The van der Waals surface area contributed by atoms with Gasteiger partial charge in [0.15, 0.2) is 17.1 Å². The molecule has 6 aromatic rings. The molecule has 11 fully saturated rings. The normalized spacial score (nSPS) is 30.4. The maximum atomic E-state index is 13.9. The van der Waals surface area contributed by atoms with E-state index in [-0.39, 0.29) is 64.9 Å². The van der Waals surface area contributed by atoms with Gasteiger partial charge in [0.05, 0.1) is 39.5 Å². The minimum atomic E-state index is -1.32. The number of hydrogen-bond donors (Lipinski definition) is 4. The summed E-state index contributed by atoms with van der Waals surface area (Å²) in [7, 11) is 1.28. The lowest BCUT2D eigenvalue weighted by atomic mass is 9.68. The van der Waals surface area contributed by atoms with Crippen molar-refractivity contribution in [2.75, 3.05) is 13.7 Å². The van der Waals surface area contributed by atoms with Gasteiger partial charge in [-0.2, -0.15) is 0 Å². The number of aromatic nitrogens is 6. The third-order valence-electron chi connectivity index (χ3n) is 28.1. The molecule has 10 bridgehead atoms. The molecule has 602 valence electrons. The lowest BCUT2D eigenvalue weighted by molar-refractivity contribution is -0.142. The summed E-state index contributed by atoms with van der Waals surface area (Å²) >= 11 is 0. The Morgan fingerprint density at radius 2 is 0.741 bits per heavy atom. The molecule has 3 aromatic heterocycles. The minimum absolute atomic E-state index is 0.00848. The average Bonchev–Trinajstić information content (AvgIpc) is 0.773. The molecule has 3 aromatic carbocycles. The zero-order chi connectivity index (χ0) is 77.5. The van der Waals surface area contributed by atoms with Gasteiger partial charge in [-0.1, -0.05) is 161 Å². The summed E-state index contributed by atoms with van der Waals surface area (Å²) < 4.78 is 5.68. The van der Waals surface area contributed by atoms with Gasteiger partial charge in [0.2, 0.25) is 12.3 Å². The number of carboxylic acids is 3. The first-order chi connectivity index (χ1) is 54.6. The largest absolute Gasteiger partial charge is 0.481 e. The van der Waals surface area contributed by atoms with E-state index in [0.717, 1.165) is 84.3 Å². The Balaban J connectivity index is 0.000000133. The van der Waals surface area contributed by atoms with Crippen LogP contribution in [0.2, 0.25) is 0 Å². The van der Waals surface area contributed by atoms with Crippen LogP contribution >= 0.6 is 0 Å². The SMILES string of the molecule is C/C(=N\OCC(=O)O)c1nc2ccccc2n(C2C[C@H]3CCC[C@@H](C2)N3C2C[C@H]3CCC[C@@H](C2)C3)c1=O.CO/N=C(\C(=O)O)c1nc2ccccc2n(C2C[C@H]3CCC[C@@H](C2)N3C2C[C@H]3CCCC[C@@H](C2)C3)c1=O.O=C(O)CC/C(=N\O)c1nc2ccccc2n(C2C[C@H]3CCC[C@@H](C2)N3C2CCCCCCCCC2)c1=O. The van der Waals surface area contributed by atoms with Crippen molar-refractivity contribution in [3.63, 3.8) is 0 Å². The first-order valence-corrected chi connectivity index (χ1v) is 43.1. The van der Waals surface area contributed by atoms with Gasteiger partial charge in [0.25, 0.3) is 16.7 Å². The van der Waals surface area contributed by atoms with Gasteiger partial charge in [0, 0.05) is 78.9 Å². The van der Waals surface area contributed by atoms with Crippen molar-refractivity contribution in [2.45, 2.75) is 330 Å². The number of carbonyl (C=O) groups is 3. The Morgan fingerprint density at radius 1 is 0.393 bits per heavy atom. The van der Waals surface area contributed by atoms with Crippen LogP contribution in [-0.2, 0) is 24.1 Å². The van der Waals surface area contributed by atoms with Crippen LogP contribution in [0.15, 0.2) is 103 Å². The Hall–Kier alpha value is -8.22. The first kappa shape index (κ1) is 79.0. The van der Waals surface area contributed by atoms with E-state index in [0.29, 0.717) is 71.1 Å². The van der Waals surface area contributed by atoms with Crippen LogP contribution in [0.25, 0.3) is 33.1 Å². The van der Waals surface area contributed by atoms with E-state index in [2.05, 4.69) is 45.1 Å². The van der Waals surface area contributed by atoms with Gasteiger partial charge in [-0.3, -0.25) is 33.9 Å². The molecule has 6 aliphatic heterocycles. The molecule has 5 saturated carbocycles. The number of para-hydroxylation sites is 6. The van der Waals surface area contributed by atoms with Crippen molar-refractivity contribution in [1.29, 1.82) is 0 Å². The second kappa shape index (κ2) is 36.1. The zero-order valence-electron chi connectivity index (χ0n) is 65.9. The Kier molecular flexibility index (Phi) is 25.5. The Morgan fingerprint density at radius 3 is 1.14 bits per heavy atom. The maximum Gasteiger partial charge on any atom is 0.360 e. The Bertz CT molecular complexity index is 4550. The van der Waals surface area contributed by atoms with Gasteiger partial charge in [-0.05, 0) is 195 Å². The van der Waals surface area contributed by atoms with E-state index in [1.54, 1.807) is 6.92 Å². The highest BCUT2D eigenvalue weighted by molar-refractivity contribution is 6.41.